The summed E-state index contributed by atoms with van der Waals surface area (Å²) in [7, 11) is 23.1. The van der Waals surface area contributed by atoms with Gasteiger partial charge >= 0.3 is 0 Å². The molecular formula is C67H143N9O10. The third-order valence-electron chi connectivity index (χ3n) is 13.6. The number of likely N-dealkylation sites (N-methyl/N-ethyl adjacent to an activating group) is 1. The van der Waals surface area contributed by atoms with Crippen molar-refractivity contribution in [1.82, 2.24) is 44.1 Å². The second-order valence-electron chi connectivity index (χ2n) is 23.0. The van der Waals surface area contributed by atoms with Gasteiger partial charge < -0.3 is 49.2 Å². The molecule has 516 valence electrons. The summed E-state index contributed by atoms with van der Waals surface area (Å²) >= 11 is 0. The molecule has 9 amide bonds. The van der Waals surface area contributed by atoms with E-state index in [4.69, 9.17) is 5.11 Å². The Bertz CT molecular complexity index is 1670. The maximum atomic E-state index is 11.8. The lowest BCUT2D eigenvalue weighted by molar-refractivity contribution is -0.145. The Morgan fingerprint density at radius 3 is 0.779 bits per heavy atom. The van der Waals surface area contributed by atoms with Crippen LogP contribution < -0.4 is 0 Å². The predicted octanol–water partition coefficient (Wildman–Crippen LogP) is 11.2. The number of carbonyl (C=O) groups is 9. The van der Waals surface area contributed by atoms with Crippen LogP contribution in [-0.4, -0.2) is 232 Å². The Balaban J connectivity index is -0.000000112. The fraction of sp³-hybridized carbons (Fsp3) is 0.866. The number of nitrogens with zero attached hydrogens (tertiary/aromatic N) is 9. The second-order valence-corrected chi connectivity index (χ2v) is 23.0. The maximum absolute atomic E-state index is 11.8. The van der Waals surface area contributed by atoms with E-state index in [0.717, 1.165) is 110 Å². The zero-order valence-corrected chi connectivity index (χ0v) is 62.5. The van der Waals surface area contributed by atoms with Gasteiger partial charge in [-0.25, -0.2) is 0 Å². The third-order valence-corrected chi connectivity index (χ3v) is 13.6. The summed E-state index contributed by atoms with van der Waals surface area (Å²) in [6.45, 7) is 43.0. The van der Waals surface area contributed by atoms with Crippen LogP contribution in [0.5, 0.6) is 0 Å². The summed E-state index contributed by atoms with van der Waals surface area (Å²) in [5.74, 6) is 2.76. The van der Waals surface area contributed by atoms with Crippen molar-refractivity contribution in [2.24, 2.45) is 29.6 Å². The predicted molar refractivity (Wildman–Crippen MR) is 363 cm³/mol. The van der Waals surface area contributed by atoms with Crippen LogP contribution in [0, 0.1) is 29.6 Å². The average Bonchev–Trinajstić information content (AvgIpc) is 3.55. The first-order valence-electron chi connectivity index (χ1n) is 32.4. The van der Waals surface area contributed by atoms with Crippen molar-refractivity contribution >= 4 is 53.2 Å². The fourth-order valence-corrected chi connectivity index (χ4v) is 7.47. The lowest BCUT2D eigenvalue weighted by Gasteiger charge is -2.21. The second kappa shape index (κ2) is 63.2. The Morgan fingerprint density at radius 2 is 0.651 bits per heavy atom. The van der Waals surface area contributed by atoms with Gasteiger partial charge in [-0.05, 0) is 106 Å². The highest BCUT2D eigenvalue weighted by Gasteiger charge is 2.25. The maximum Gasteiger partial charge on any atom is 0.253 e. The first-order chi connectivity index (χ1) is 39.6. The van der Waals surface area contributed by atoms with Gasteiger partial charge in [-0.2, -0.15) is 0 Å². The minimum absolute atomic E-state index is 0.130. The molecule has 0 aliphatic rings. The molecule has 19 nitrogen and oxygen atoms in total. The summed E-state index contributed by atoms with van der Waals surface area (Å²) in [5, 5.41) is 9.07. The van der Waals surface area contributed by atoms with Crippen LogP contribution in [0.4, 0.5) is 0 Å². The summed E-state index contributed by atoms with van der Waals surface area (Å²) in [6.07, 6.45) is 13.4. The largest absolute Gasteiger partial charge is 0.381 e. The molecule has 0 fully saturated rings. The number of hydrogen-bond acceptors (Lipinski definition) is 10. The molecule has 0 aromatic heterocycles. The standard InChI is InChI=1S/C11H23NO.C10H21NO.C9H19NO.C8H17NO.C6H13NO2.3C6H13NO.C5H11NO/c1-5-8-10(9-6-2)11(13)12(4)7-3;1-5-8-9(6-2)10(12)11(4)7-3;1-5-8(6-2)9(11)10(4)7-3;1-5-7(6-2)8(10)9(3)4;1-6(2,9)5(8)7(3)4;1-5(2)6(8)7(3)4;1-4-5-6(8)7(2)3;1-4-7(5-2)6(3)8;1-4-5(7)6(2)3/h10H,5-9H2,1-4H3;9H,5-8H2,1-4H3;8H,5-7H2,1-4H3;7H,5-6H2,1-4H3;9H,1-4H3;5H,1-4H3;2*4-5H2,1-3H3;4H2,1-3H3. The van der Waals surface area contributed by atoms with E-state index < -0.39 is 5.60 Å². The van der Waals surface area contributed by atoms with E-state index in [1.165, 1.54) is 18.7 Å². The van der Waals surface area contributed by atoms with Crippen molar-refractivity contribution in [3.8, 4) is 0 Å². The van der Waals surface area contributed by atoms with Gasteiger partial charge in [0, 0.05) is 174 Å². The molecule has 0 aromatic rings. The smallest absolute Gasteiger partial charge is 0.253 e. The summed E-state index contributed by atoms with van der Waals surface area (Å²) in [4.78, 5) is 114. The molecular weight excluding hydrogens is 1090 g/mol. The number of hydrogen-bond donors (Lipinski definition) is 1. The molecule has 0 bridgehead atoms. The van der Waals surface area contributed by atoms with Crippen LogP contribution in [-0.2, 0) is 43.2 Å². The molecule has 1 unspecified atom stereocenters. The lowest BCUT2D eigenvalue weighted by Crippen LogP contribution is -2.40. The highest BCUT2D eigenvalue weighted by Crippen LogP contribution is 2.16. The van der Waals surface area contributed by atoms with Crippen LogP contribution in [0.1, 0.15) is 228 Å². The van der Waals surface area contributed by atoms with E-state index >= 15 is 0 Å². The molecule has 1 atom stereocenters. The van der Waals surface area contributed by atoms with Crippen LogP contribution in [0.25, 0.3) is 0 Å². The highest BCUT2D eigenvalue weighted by atomic mass is 16.3. The van der Waals surface area contributed by atoms with Crippen LogP contribution in [0.2, 0.25) is 0 Å². The minimum Gasteiger partial charge on any atom is -0.381 e. The van der Waals surface area contributed by atoms with Gasteiger partial charge in [0.25, 0.3) is 5.91 Å². The Hall–Kier alpha value is -4.81. The highest BCUT2D eigenvalue weighted by molar-refractivity contribution is 5.83. The Kier molecular flexibility index (Phi) is 73.6. The lowest BCUT2D eigenvalue weighted by atomic mass is 9.97. The van der Waals surface area contributed by atoms with Crippen LogP contribution >= 0.6 is 0 Å². The zero-order chi connectivity index (χ0) is 70.2. The van der Waals surface area contributed by atoms with Crippen molar-refractivity contribution in [2.45, 2.75) is 234 Å². The zero-order valence-electron chi connectivity index (χ0n) is 62.5. The van der Waals surface area contributed by atoms with Gasteiger partial charge in [-0.15, -0.1) is 0 Å². The summed E-state index contributed by atoms with van der Waals surface area (Å²) in [5.41, 5.74) is -1.23. The fourth-order valence-electron chi connectivity index (χ4n) is 7.47. The van der Waals surface area contributed by atoms with Crippen molar-refractivity contribution in [3.63, 3.8) is 0 Å². The van der Waals surface area contributed by atoms with Gasteiger partial charge in [-0.3, -0.25) is 43.2 Å². The molecule has 0 spiro atoms. The van der Waals surface area contributed by atoms with E-state index in [1.54, 1.807) is 107 Å². The van der Waals surface area contributed by atoms with Gasteiger partial charge in [0.05, 0.1) is 0 Å². The number of amides is 9. The summed E-state index contributed by atoms with van der Waals surface area (Å²) in [6, 6.07) is 0. The normalized spacial score (nSPS) is 10.3. The van der Waals surface area contributed by atoms with E-state index in [-0.39, 0.29) is 70.9 Å². The molecule has 0 aromatic carbocycles. The first kappa shape index (κ1) is 100. The molecule has 0 aliphatic heterocycles. The molecule has 0 rings (SSSR count). The van der Waals surface area contributed by atoms with Crippen molar-refractivity contribution in [3.05, 3.63) is 0 Å². The molecule has 86 heavy (non-hydrogen) atoms. The SMILES string of the molecule is CC(C)C(=O)N(C)C.CCC(=O)N(C)C.CCC(CC)C(=O)N(C)C.CCC(CC)C(=O)N(C)CC.CCCC(=O)N(C)C.CCCC(CC)C(=O)N(C)CC.CCCC(CCC)C(=O)N(C)CC.CCN(CC)C(C)=O.CN(C)C(=O)C(C)(C)O. The molecule has 0 aliphatic carbocycles. The molecule has 0 radical (unpaired) electrons. The number of rotatable bonds is 25. The Labute approximate surface area is 531 Å². The van der Waals surface area contributed by atoms with Crippen molar-refractivity contribution in [2.75, 3.05) is 124 Å². The number of carbonyl (C=O) groups excluding carboxylic acids is 9. The van der Waals surface area contributed by atoms with E-state index in [1.807, 2.05) is 93.3 Å². The molecule has 19 heteroatoms. The van der Waals surface area contributed by atoms with Crippen LogP contribution in [0.15, 0.2) is 0 Å². The Morgan fingerprint density at radius 1 is 0.360 bits per heavy atom. The first-order valence-corrected chi connectivity index (χ1v) is 32.4. The minimum atomic E-state index is -1.23. The van der Waals surface area contributed by atoms with Crippen molar-refractivity contribution in [1.29, 1.82) is 0 Å². The average molecular weight is 1230 g/mol. The molecule has 1 N–H and O–H groups in total. The van der Waals surface area contributed by atoms with Gasteiger partial charge in [0.15, 0.2) is 0 Å². The van der Waals surface area contributed by atoms with E-state index in [0.29, 0.717) is 24.7 Å². The van der Waals surface area contributed by atoms with Gasteiger partial charge in [-0.1, -0.05) is 102 Å². The quantitative estimate of drug-likeness (QED) is 0.0916. The third kappa shape index (κ3) is 58.2. The monoisotopic (exact) mass is 1230 g/mol. The number of aliphatic hydroxyl groups is 1. The topological polar surface area (TPSA) is 203 Å². The summed E-state index contributed by atoms with van der Waals surface area (Å²) < 4.78 is 0. The van der Waals surface area contributed by atoms with Crippen molar-refractivity contribution < 1.29 is 48.3 Å². The molecule has 0 heterocycles. The molecule has 0 saturated carbocycles. The van der Waals surface area contributed by atoms with Gasteiger partial charge in [0.2, 0.25) is 47.3 Å². The molecule has 0 saturated heterocycles. The van der Waals surface area contributed by atoms with Gasteiger partial charge in [0.1, 0.15) is 5.60 Å². The van der Waals surface area contributed by atoms with E-state index in [9.17, 15) is 43.2 Å². The van der Waals surface area contributed by atoms with Crippen LogP contribution in [0.3, 0.4) is 0 Å². The van der Waals surface area contributed by atoms with E-state index in [2.05, 4.69) is 55.4 Å².